The average Bonchev–Trinajstić information content (AvgIpc) is 2.77. The third kappa shape index (κ3) is 1.92. The minimum absolute atomic E-state index is 0.560. The quantitative estimate of drug-likeness (QED) is 0.798. The van der Waals surface area contributed by atoms with E-state index in [1.54, 1.807) is 14.2 Å². The number of hydrogen-bond acceptors (Lipinski definition) is 5. The molecular formula is C10H10N2O2S. The smallest absolute Gasteiger partial charge is 0.253 e. The molecule has 2 rings (SSSR count). The summed E-state index contributed by atoms with van der Waals surface area (Å²) in [5.74, 6) is 1.38. The number of ether oxygens (including phenoxy) is 2. The summed E-state index contributed by atoms with van der Waals surface area (Å²) in [7, 11) is 3.23. The van der Waals surface area contributed by atoms with Crippen molar-refractivity contribution < 1.29 is 9.47 Å². The van der Waals surface area contributed by atoms with Crippen LogP contribution < -0.4 is 9.47 Å². The molecular weight excluding hydrogens is 212 g/mol. The summed E-state index contributed by atoms with van der Waals surface area (Å²) in [6.45, 7) is 0. The van der Waals surface area contributed by atoms with Crippen molar-refractivity contribution in [1.29, 1.82) is 0 Å². The molecule has 4 nitrogen and oxygen atoms in total. The van der Waals surface area contributed by atoms with Crippen molar-refractivity contribution in [3.05, 3.63) is 24.3 Å². The first-order valence-electron chi connectivity index (χ1n) is 4.36. The maximum absolute atomic E-state index is 5.10. The fraction of sp³-hybridized carbons (Fsp3) is 0.200. The molecule has 0 atom stereocenters. The molecule has 5 heteroatoms. The van der Waals surface area contributed by atoms with E-state index >= 15 is 0 Å². The second kappa shape index (κ2) is 4.27. The second-order valence-electron chi connectivity index (χ2n) is 2.85. The molecule has 1 aromatic heterocycles. The Labute approximate surface area is 91.8 Å². The van der Waals surface area contributed by atoms with Crippen molar-refractivity contribution in [3.63, 3.8) is 0 Å². The topological polar surface area (TPSA) is 44.2 Å². The Morgan fingerprint density at radius 3 is 2.33 bits per heavy atom. The number of benzene rings is 1. The van der Waals surface area contributed by atoms with Crippen molar-refractivity contribution in [2.75, 3.05) is 14.2 Å². The summed E-state index contributed by atoms with van der Waals surface area (Å²) in [4.78, 5) is 0. The van der Waals surface area contributed by atoms with E-state index < -0.39 is 0 Å². The van der Waals surface area contributed by atoms with Crippen molar-refractivity contribution >= 4 is 11.7 Å². The van der Waals surface area contributed by atoms with Crippen molar-refractivity contribution in [1.82, 2.24) is 8.75 Å². The first kappa shape index (κ1) is 9.92. The van der Waals surface area contributed by atoms with Gasteiger partial charge >= 0.3 is 0 Å². The molecule has 0 amide bonds. The fourth-order valence-corrected chi connectivity index (χ4v) is 1.78. The van der Waals surface area contributed by atoms with Gasteiger partial charge in [0.2, 0.25) is 0 Å². The third-order valence-electron chi connectivity index (χ3n) is 2.02. The first-order chi connectivity index (χ1) is 7.35. The van der Waals surface area contributed by atoms with Crippen LogP contribution in [0.2, 0.25) is 0 Å². The van der Waals surface area contributed by atoms with Crippen LogP contribution in [0.15, 0.2) is 24.3 Å². The van der Waals surface area contributed by atoms with Gasteiger partial charge in [0.25, 0.3) is 5.88 Å². The molecule has 0 fully saturated rings. The highest BCUT2D eigenvalue weighted by atomic mass is 32.1. The van der Waals surface area contributed by atoms with E-state index in [1.807, 2.05) is 24.3 Å². The minimum atomic E-state index is 0.560. The van der Waals surface area contributed by atoms with Gasteiger partial charge in [0.1, 0.15) is 11.4 Å². The van der Waals surface area contributed by atoms with E-state index in [2.05, 4.69) is 8.75 Å². The van der Waals surface area contributed by atoms with Gasteiger partial charge in [0.15, 0.2) is 0 Å². The lowest BCUT2D eigenvalue weighted by atomic mass is 10.1. The van der Waals surface area contributed by atoms with Crippen LogP contribution in [0.3, 0.4) is 0 Å². The lowest BCUT2D eigenvalue weighted by Crippen LogP contribution is -1.87. The maximum atomic E-state index is 5.10. The van der Waals surface area contributed by atoms with Crippen LogP contribution in [-0.2, 0) is 0 Å². The molecule has 15 heavy (non-hydrogen) atoms. The van der Waals surface area contributed by atoms with Crippen LogP contribution in [0, 0.1) is 0 Å². The highest BCUT2D eigenvalue weighted by molar-refractivity contribution is 6.99. The molecule has 0 spiro atoms. The number of methoxy groups -OCH3 is 2. The van der Waals surface area contributed by atoms with Crippen LogP contribution >= 0.6 is 11.7 Å². The summed E-state index contributed by atoms with van der Waals surface area (Å²) < 4.78 is 18.4. The Kier molecular flexibility index (Phi) is 2.82. The molecule has 0 aliphatic heterocycles. The molecule has 0 saturated carbocycles. The third-order valence-corrected chi connectivity index (χ3v) is 2.53. The predicted octanol–water partition coefficient (Wildman–Crippen LogP) is 2.22. The highest BCUT2D eigenvalue weighted by Gasteiger charge is 2.10. The van der Waals surface area contributed by atoms with E-state index in [-0.39, 0.29) is 0 Å². The molecule has 2 aromatic rings. The van der Waals surface area contributed by atoms with E-state index in [0.29, 0.717) is 5.88 Å². The maximum Gasteiger partial charge on any atom is 0.253 e. The Bertz CT molecular complexity index is 439. The zero-order valence-electron chi connectivity index (χ0n) is 8.43. The lowest BCUT2D eigenvalue weighted by molar-refractivity contribution is 0.403. The molecule has 78 valence electrons. The second-order valence-corrected chi connectivity index (χ2v) is 3.38. The van der Waals surface area contributed by atoms with Crippen LogP contribution in [0.5, 0.6) is 11.6 Å². The first-order valence-corrected chi connectivity index (χ1v) is 5.09. The molecule has 0 N–H and O–H groups in total. The molecule has 1 aromatic carbocycles. The highest BCUT2D eigenvalue weighted by Crippen LogP contribution is 2.28. The van der Waals surface area contributed by atoms with Gasteiger partial charge < -0.3 is 9.47 Å². The van der Waals surface area contributed by atoms with Gasteiger partial charge in [-0.15, -0.1) is 4.37 Å². The number of aromatic nitrogens is 2. The average molecular weight is 222 g/mol. The molecule has 0 unspecified atom stereocenters. The minimum Gasteiger partial charge on any atom is -0.497 e. The van der Waals surface area contributed by atoms with Gasteiger partial charge in [-0.25, -0.2) is 0 Å². The number of rotatable bonds is 3. The number of hydrogen-bond donors (Lipinski definition) is 0. The summed E-state index contributed by atoms with van der Waals surface area (Å²) in [6, 6.07) is 7.62. The van der Waals surface area contributed by atoms with Crippen molar-refractivity contribution in [3.8, 4) is 22.9 Å². The predicted molar refractivity (Wildman–Crippen MR) is 58.4 cm³/mol. The van der Waals surface area contributed by atoms with Crippen LogP contribution in [0.4, 0.5) is 0 Å². The Morgan fingerprint density at radius 1 is 1.00 bits per heavy atom. The zero-order valence-corrected chi connectivity index (χ0v) is 9.25. The molecule has 0 radical (unpaired) electrons. The Morgan fingerprint density at radius 2 is 1.73 bits per heavy atom. The molecule has 1 heterocycles. The van der Waals surface area contributed by atoms with Gasteiger partial charge in [-0.1, -0.05) is 0 Å². The Balaban J connectivity index is 2.37. The largest absolute Gasteiger partial charge is 0.497 e. The van der Waals surface area contributed by atoms with Gasteiger partial charge in [-0.05, 0) is 24.3 Å². The molecule has 0 saturated heterocycles. The van der Waals surface area contributed by atoms with Crippen LogP contribution in [0.25, 0.3) is 11.3 Å². The van der Waals surface area contributed by atoms with E-state index in [9.17, 15) is 0 Å². The molecule has 0 aliphatic carbocycles. The van der Waals surface area contributed by atoms with E-state index in [4.69, 9.17) is 9.47 Å². The standard InChI is InChI=1S/C10H10N2O2S/c1-13-8-5-3-7(4-6-8)9-10(14-2)12-15-11-9/h3-6H,1-2H3. The molecule has 0 bridgehead atoms. The lowest BCUT2D eigenvalue weighted by Gasteiger charge is -2.01. The SMILES string of the molecule is COc1ccc(-c2nsnc2OC)cc1. The monoisotopic (exact) mass is 222 g/mol. The summed E-state index contributed by atoms with van der Waals surface area (Å²) in [6.07, 6.45) is 0. The summed E-state index contributed by atoms with van der Waals surface area (Å²) in [5, 5.41) is 0. The number of nitrogens with zero attached hydrogens (tertiary/aromatic N) is 2. The molecule has 0 aliphatic rings. The van der Waals surface area contributed by atoms with Crippen LogP contribution in [-0.4, -0.2) is 23.0 Å². The van der Waals surface area contributed by atoms with Gasteiger partial charge in [0, 0.05) is 5.56 Å². The summed E-state index contributed by atoms with van der Waals surface area (Å²) in [5.41, 5.74) is 1.74. The van der Waals surface area contributed by atoms with Crippen LogP contribution in [0.1, 0.15) is 0 Å². The van der Waals surface area contributed by atoms with Crippen molar-refractivity contribution in [2.45, 2.75) is 0 Å². The van der Waals surface area contributed by atoms with E-state index in [0.717, 1.165) is 28.7 Å². The zero-order chi connectivity index (χ0) is 10.7. The van der Waals surface area contributed by atoms with Crippen molar-refractivity contribution in [2.24, 2.45) is 0 Å². The van der Waals surface area contributed by atoms with Gasteiger partial charge in [-0.2, -0.15) is 4.37 Å². The fourth-order valence-electron chi connectivity index (χ4n) is 1.24. The summed E-state index contributed by atoms with van der Waals surface area (Å²) >= 11 is 1.14. The Hall–Kier alpha value is -1.62. The van der Waals surface area contributed by atoms with Gasteiger partial charge in [-0.3, -0.25) is 0 Å². The normalized spacial score (nSPS) is 10.0. The van der Waals surface area contributed by atoms with Gasteiger partial charge in [0.05, 0.1) is 25.9 Å². The van der Waals surface area contributed by atoms with E-state index in [1.165, 1.54) is 0 Å².